The van der Waals surface area contributed by atoms with Gasteiger partial charge in [0.2, 0.25) is 0 Å². The molecule has 3 unspecified atom stereocenters. The zero-order chi connectivity index (χ0) is 22.5. The van der Waals surface area contributed by atoms with Crippen molar-refractivity contribution in [1.82, 2.24) is 0 Å². The number of halogens is 4. The third-order valence-electron chi connectivity index (χ3n) is 4.86. The first-order valence-electron chi connectivity index (χ1n) is 9.08. The summed E-state index contributed by atoms with van der Waals surface area (Å²) in [6.45, 7) is 0. The number of nitrogens with one attached hydrogen (secondary N) is 1. The maximum atomic E-state index is 13.7. The molecule has 4 N–H and O–H groups in total. The first kappa shape index (κ1) is 24.2. The molecule has 0 spiro atoms. The van der Waals surface area contributed by atoms with Crippen molar-refractivity contribution in [2.75, 3.05) is 0 Å². The quantitative estimate of drug-likeness (QED) is 0.400. The molecule has 0 heterocycles. The van der Waals surface area contributed by atoms with Crippen LogP contribution in [-0.4, -0.2) is 32.8 Å². The molecule has 4 atom stereocenters. The number of carboxylic acids is 1. The standard InChI is InChI=1S/C20H22ClF3N2O3S/c21-17-4-2-1-3-15(17)12-5-7-13(8-6-12)16(20(22,23)24)11-14(30(26)29)9-10-18(25)19(27)28/h1-8,14,16,18,26,30H,9-11,25H2,(H,27,28)/t14?,16?,18-/m0/s1. The summed E-state index contributed by atoms with van der Waals surface area (Å²) in [5.74, 6) is -3.23. The highest BCUT2D eigenvalue weighted by Gasteiger charge is 2.42. The van der Waals surface area contributed by atoms with Gasteiger partial charge in [-0.1, -0.05) is 54.1 Å². The molecule has 164 valence electrons. The lowest BCUT2D eigenvalue weighted by molar-refractivity contribution is -0.152. The van der Waals surface area contributed by atoms with E-state index in [0.717, 1.165) is 0 Å². The van der Waals surface area contributed by atoms with Crippen molar-refractivity contribution in [3.8, 4) is 11.1 Å². The Morgan fingerprint density at radius 2 is 1.73 bits per heavy atom. The van der Waals surface area contributed by atoms with Crippen molar-refractivity contribution in [2.45, 2.75) is 42.6 Å². The second kappa shape index (κ2) is 10.3. The van der Waals surface area contributed by atoms with E-state index in [2.05, 4.69) is 0 Å². The van der Waals surface area contributed by atoms with Crippen LogP contribution in [0.3, 0.4) is 0 Å². The van der Waals surface area contributed by atoms with E-state index >= 15 is 0 Å². The minimum absolute atomic E-state index is 0.0253. The molecule has 0 amide bonds. The number of thiol groups is 1. The molecule has 2 aromatic carbocycles. The van der Waals surface area contributed by atoms with Crippen molar-refractivity contribution >= 4 is 28.2 Å². The van der Waals surface area contributed by atoms with E-state index in [1.807, 2.05) is 0 Å². The van der Waals surface area contributed by atoms with Crippen molar-refractivity contribution in [2.24, 2.45) is 5.73 Å². The number of alkyl halides is 3. The molecule has 2 aromatic rings. The molecule has 0 aliphatic rings. The largest absolute Gasteiger partial charge is 0.480 e. The molecule has 0 aliphatic heterocycles. The second-order valence-corrected chi connectivity index (χ2v) is 8.72. The van der Waals surface area contributed by atoms with Gasteiger partial charge in [0.1, 0.15) is 6.04 Å². The molecule has 0 bridgehead atoms. The molecule has 2 rings (SSSR count). The fraction of sp³-hybridized carbons (Fsp3) is 0.350. The van der Waals surface area contributed by atoms with Crippen molar-refractivity contribution in [3.63, 3.8) is 0 Å². The highest BCUT2D eigenvalue weighted by molar-refractivity contribution is 7.74. The highest BCUT2D eigenvalue weighted by atomic mass is 35.5. The Labute approximate surface area is 179 Å². The minimum Gasteiger partial charge on any atom is -0.480 e. The Kier molecular flexibility index (Phi) is 8.28. The van der Waals surface area contributed by atoms with Gasteiger partial charge in [0, 0.05) is 26.4 Å². The number of rotatable bonds is 9. The van der Waals surface area contributed by atoms with Gasteiger partial charge in [-0.3, -0.25) is 13.8 Å². The van der Waals surface area contributed by atoms with Crippen LogP contribution >= 0.6 is 11.6 Å². The van der Waals surface area contributed by atoms with Gasteiger partial charge >= 0.3 is 12.1 Å². The predicted octanol–water partition coefficient (Wildman–Crippen LogP) is 4.85. The Bertz CT molecular complexity index is 941. The van der Waals surface area contributed by atoms with E-state index < -0.39 is 46.4 Å². The number of benzene rings is 2. The summed E-state index contributed by atoms with van der Waals surface area (Å²) in [6.07, 6.45) is -5.50. The van der Waals surface area contributed by atoms with Crippen LogP contribution in [0, 0.1) is 4.78 Å². The van der Waals surface area contributed by atoms with Gasteiger partial charge in [0.15, 0.2) is 0 Å². The van der Waals surface area contributed by atoms with Crippen molar-refractivity contribution in [1.29, 1.82) is 4.78 Å². The van der Waals surface area contributed by atoms with Crippen molar-refractivity contribution < 1.29 is 27.3 Å². The highest BCUT2D eigenvalue weighted by Crippen LogP contribution is 2.40. The van der Waals surface area contributed by atoms with Crippen LogP contribution in [0.1, 0.15) is 30.7 Å². The molecule has 0 aromatic heterocycles. The Hall–Kier alpha value is -2.10. The van der Waals surface area contributed by atoms with Gasteiger partial charge in [-0.25, -0.2) is 0 Å². The number of carboxylic acid groups (broad SMARTS) is 1. The molecule has 10 heteroatoms. The van der Waals surface area contributed by atoms with Crippen LogP contribution in [0.5, 0.6) is 0 Å². The van der Waals surface area contributed by atoms with Crippen LogP contribution < -0.4 is 5.73 Å². The fourth-order valence-electron chi connectivity index (χ4n) is 3.15. The van der Waals surface area contributed by atoms with Gasteiger partial charge < -0.3 is 10.8 Å². The van der Waals surface area contributed by atoms with Gasteiger partial charge in [-0.15, -0.1) is 0 Å². The average molecular weight is 463 g/mol. The lowest BCUT2D eigenvalue weighted by Gasteiger charge is -2.24. The smallest absolute Gasteiger partial charge is 0.395 e. The molecule has 0 aliphatic carbocycles. The van der Waals surface area contributed by atoms with Crippen LogP contribution in [0.25, 0.3) is 11.1 Å². The molecule has 0 saturated carbocycles. The average Bonchev–Trinajstić information content (AvgIpc) is 2.67. The first-order valence-corrected chi connectivity index (χ1v) is 10.8. The van der Waals surface area contributed by atoms with Crippen LogP contribution in [0.15, 0.2) is 48.5 Å². The van der Waals surface area contributed by atoms with Gasteiger partial charge in [-0.2, -0.15) is 13.2 Å². The summed E-state index contributed by atoms with van der Waals surface area (Å²) in [5, 5.41) is 8.17. The molecule has 0 fully saturated rings. The number of aliphatic carboxylic acids is 1. The Morgan fingerprint density at radius 1 is 1.13 bits per heavy atom. The number of carbonyl (C=O) groups is 1. The SMILES string of the molecule is N=[SH](=O)C(CC[C@H](N)C(=O)O)CC(c1ccc(-c2ccccc2Cl)cc1)C(F)(F)F. The van der Waals surface area contributed by atoms with E-state index in [1.165, 1.54) is 24.3 Å². The molecular weight excluding hydrogens is 441 g/mol. The van der Waals surface area contributed by atoms with Gasteiger partial charge in [0.05, 0.1) is 5.92 Å². The van der Waals surface area contributed by atoms with Crippen LogP contribution in [0.4, 0.5) is 13.2 Å². The van der Waals surface area contributed by atoms with E-state index in [9.17, 15) is 22.2 Å². The molecule has 0 radical (unpaired) electrons. The zero-order valence-corrected chi connectivity index (χ0v) is 17.4. The van der Waals surface area contributed by atoms with Crippen LogP contribution in [0.2, 0.25) is 5.02 Å². The third kappa shape index (κ3) is 6.45. The number of hydrogen-bond acceptors (Lipinski definition) is 4. The van der Waals surface area contributed by atoms with Crippen LogP contribution in [-0.2, 0) is 15.4 Å². The molecular formula is C20H22ClF3N2O3S. The monoisotopic (exact) mass is 462 g/mol. The van der Waals surface area contributed by atoms with E-state index in [-0.39, 0.29) is 18.4 Å². The topological polar surface area (TPSA) is 104 Å². The van der Waals surface area contributed by atoms with E-state index in [1.54, 1.807) is 24.3 Å². The Morgan fingerprint density at radius 3 is 2.23 bits per heavy atom. The Balaban J connectivity index is 2.26. The number of nitrogens with two attached hydrogens (primary N) is 1. The van der Waals surface area contributed by atoms with E-state index in [0.29, 0.717) is 16.1 Å². The minimum atomic E-state index is -4.62. The molecule has 0 saturated heterocycles. The normalized spacial score (nSPS) is 15.9. The molecule has 5 nitrogen and oxygen atoms in total. The summed E-state index contributed by atoms with van der Waals surface area (Å²) in [6, 6.07) is 11.4. The summed E-state index contributed by atoms with van der Waals surface area (Å²) < 4.78 is 60.4. The lowest BCUT2D eigenvalue weighted by Crippen LogP contribution is -2.32. The fourth-order valence-corrected chi connectivity index (χ4v) is 4.18. The predicted molar refractivity (Wildman–Crippen MR) is 111 cm³/mol. The zero-order valence-electron chi connectivity index (χ0n) is 15.8. The lowest BCUT2D eigenvalue weighted by atomic mass is 9.90. The first-order chi connectivity index (χ1) is 14.0. The van der Waals surface area contributed by atoms with Crippen molar-refractivity contribution in [3.05, 3.63) is 59.1 Å². The second-order valence-electron chi connectivity index (χ2n) is 6.93. The molecule has 30 heavy (non-hydrogen) atoms. The summed E-state index contributed by atoms with van der Waals surface area (Å²) in [4.78, 5) is 10.8. The summed E-state index contributed by atoms with van der Waals surface area (Å²) in [7, 11) is -2.70. The number of hydrogen-bond donors (Lipinski definition) is 4. The summed E-state index contributed by atoms with van der Waals surface area (Å²) >= 11 is 6.13. The van der Waals surface area contributed by atoms with Gasteiger partial charge in [0.25, 0.3) is 0 Å². The van der Waals surface area contributed by atoms with Gasteiger partial charge in [-0.05, 0) is 36.5 Å². The summed E-state index contributed by atoms with van der Waals surface area (Å²) in [5.41, 5.74) is 6.70. The maximum absolute atomic E-state index is 13.7. The third-order valence-corrected chi connectivity index (χ3v) is 6.32. The maximum Gasteiger partial charge on any atom is 0.395 e. The van der Waals surface area contributed by atoms with E-state index in [4.69, 9.17) is 27.2 Å².